The normalized spacial score (nSPS) is 20.3. The van der Waals surface area contributed by atoms with Gasteiger partial charge < -0.3 is 5.01 Å². The summed E-state index contributed by atoms with van der Waals surface area (Å²) in [5, 5.41) is 2.26. The Balaban J connectivity index is 1.81. The molecule has 1 saturated heterocycles. The Hall–Kier alpha value is -1.06. The number of hydrogen-bond donors (Lipinski definition) is 1. The molecule has 2 heterocycles. The molecule has 3 rings (SSSR count). The van der Waals surface area contributed by atoms with E-state index < -0.39 is 0 Å². The first-order valence-electron chi connectivity index (χ1n) is 7.01. The Morgan fingerprint density at radius 1 is 1.28 bits per heavy atom. The molecule has 0 amide bonds. The van der Waals surface area contributed by atoms with Gasteiger partial charge in [0.2, 0.25) is 0 Å². The minimum absolute atomic E-state index is 0.687. The van der Waals surface area contributed by atoms with E-state index >= 15 is 0 Å². The van der Waals surface area contributed by atoms with Gasteiger partial charge in [-0.1, -0.05) is 12.1 Å². The molecule has 1 aromatic rings. The Morgan fingerprint density at radius 2 is 2.06 bits per heavy atom. The summed E-state index contributed by atoms with van der Waals surface area (Å²) in [6.07, 6.45) is 1.19. The zero-order chi connectivity index (χ0) is 12.7. The van der Waals surface area contributed by atoms with Gasteiger partial charge >= 0.3 is 0 Å². The standard InChI is InChI=1S/C15H23N3/c1-11(2)17-9-12(10-17)13-5-4-6-15-14(13)7-8-18(15)16-3/h4-6,11-12,16H,7-10H2,1-3H3. The van der Waals surface area contributed by atoms with E-state index in [2.05, 4.69) is 47.4 Å². The molecule has 0 aliphatic carbocycles. The van der Waals surface area contributed by atoms with Gasteiger partial charge in [-0.2, -0.15) is 0 Å². The molecule has 0 atom stereocenters. The van der Waals surface area contributed by atoms with E-state index in [0.717, 1.165) is 12.5 Å². The van der Waals surface area contributed by atoms with Gasteiger partial charge in [0, 0.05) is 38.6 Å². The van der Waals surface area contributed by atoms with Gasteiger partial charge in [-0.25, -0.2) is 5.43 Å². The van der Waals surface area contributed by atoms with Crippen LogP contribution in [0.3, 0.4) is 0 Å². The van der Waals surface area contributed by atoms with E-state index in [9.17, 15) is 0 Å². The third kappa shape index (κ3) is 1.82. The summed E-state index contributed by atoms with van der Waals surface area (Å²) < 4.78 is 0. The summed E-state index contributed by atoms with van der Waals surface area (Å²) in [6.45, 7) is 8.13. The molecule has 0 radical (unpaired) electrons. The Bertz CT molecular complexity index is 435. The fourth-order valence-electron chi connectivity index (χ4n) is 3.21. The number of likely N-dealkylation sites (tertiary alicyclic amines) is 1. The molecule has 0 aromatic heterocycles. The van der Waals surface area contributed by atoms with Crippen molar-refractivity contribution in [1.29, 1.82) is 0 Å². The Morgan fingerprint density at radius 3 is 2.72 bits per heavy atom. The van der Waals surface area contributed by atoms with E-state index in [0.29, 0.717) is 6.04 Å². The molecule has 0 bridgehead atoms. The SMILES string of the molecule is CNN1CCc2c(C3CN(C(C)C)C3)cccc21. The van der Waals surface area contributed by atoms with Crippen LogP contribution >= 0.6 is 0 Å². The molecule has 0 unspecified atom stereocenters. The molecule has 0 spiro atoms. The maximum atomic E-state index is 3.27. The van der Waals surface area contributed by atoms with Crippen LogP contribution in [0.1, 0.15) is 30.9 Å². The predicted molar refractivity (Wildman–Crippen MR) is 76.0 cm³/mol. The van der Waals surface area contributed by atoms with Crippen molar-refractivity contribution in [2.24, 2.45) is 0 Å². The van der Waals surface area contributed by atoms with Crippen LogP contribution in [0.15, 0.2) is 18.2 Å². The first kappa shape index (κ1) is 12.0. The van der Waals surface area contributed by atoms with Crippen molar-refractivity contribution in [3.05, 3.63) is 29.3 Å². The zero-order valence-electron chi connectivity index (χ0n) is 11.6. The van der Waals surface area contributed by atoms with E-state index in [1.165, 1.54) is 25.2 Å². The highest BCUT2D eigenvalue weighted by molar-refractivity contribution is 5.61. The maximum Gasteiger partial charge on any atom is 0.0555 e. The Kier molecular flexibility index (Phi) is 3.04. The lowest BCUT2D eigenvalue weighted by Crippen LogP contribution is -2.48. The van der Waals surface area contributed by atoms with Crippen molar-refractivity contribution in [3.63, 3.8) is 0 Å². The summed E-state index contributed by atoms with van der Waals surface area (Å²) in [4.78, 5) is 2.55. The van der Waals surface area contributed by atoms with Crippen molar-refractivity contribution in [2.45, 2.75) is 32.2 Å². The fourth-order valence-corrected chi connectivity index (χ4v) is 3.21. The number of hydrazine groups is 1. The molecule has 1 N–H and O–H groups in total. The van der Waals surface area contributed by atoms with Crippen molar-refractivity contribution in [1.82, 2.24) is 10.3 Å². The van der Waals surface area contributed by atoms with Gasteiger partial charge in [0.1, 0.15) is 0 Å². The van der Waals surface area contributed by atoms with Gasteiger partial charge in [0.05, 0.1) is 5.69 Å². The van der Waals surface area contributed by atoms with Crippen LogP contribution in [0.5, 0.6) is 0 Å². The van der Waals surface area contributed by atoms with E-state index in [1.54, 1.807) is 11.1 Å². The van der Waals surface area contributed by atoms with Crippen LogP contribution in [0.2, 0.25) is 0 Å². The third-order valence-electron chi connectivity index (χ3n) is 4.41. The number of benzene rings is 1. The second kappa shape index (κ2) is 4.56. The summed E-state index contributed by atoms with van der Waals surface area (Å²) >= 11 is 0. The van der Waals surface area contributed by atoms with Crippen molar-refractivity contribution < 1.29 is 0 Å². The molecule has 18 heavy (non-hydrogen) atoms. The van der Waals surface area contributed by atoms with Gasteiger partial charge in [0.15, 0.2) is 0 Å². The van der Waals surface area contributed by atoms with E-state index in [1.807, 2.05) is 7.05 Å². The summed E-state index contributed by atoms with van der Waals surface area (Å²) in [7, 11) is 2.01. The maximum absolute atomic E-state index is 3.27. The summed E-state index contributed by atoms with van der Waals surface area (Å²) in [5.74, 6) is 0.749. The number of hydrogen-bond acceptors (Lipinski definition) is 3. The lowest BCUT2D eigenvalue weighted by Gasteiger charge is -2.43. The van der Waals surface area contributed by atoms with Crippen molar-refractivity contribution in [2.75, 3.05) is 31.7 Å². The second-order valence-electron chi connectivity index (χ2n) is 5.71. The van der Waals surface area contributed by atoms with Gasteiger partial charge in [-0.15, -0.1) is 0 Å². The van der Waals surface area contributed by atoms with Crippen LogP contribution in [-0.2, 0) is 6.42 Å². The van der Waals surface area contributed by atoms with Crippen LogP contribution in [0, 0.1) is 0 Å². The lowest BCUT2D eigenvalue weighted by molar-refractivity contribution is 0.109. The topological polar surface area (TPSA) is 18.5 Å². The second-order valence-corrected chi connectivity index (χ2v) is 5.71. The van der Waals surface area contributed by atoms with E-state index in [-0.39, 0.29) is 0 Å². The molecule has 2 aliphatic rings. The minimum Gasteiger partial charge on any atom is -0.308 e. The van der Waals surface area contributed by atoms with Crippen LogP contribution in [0.4, 0.5) is 5.69 Å². The molecular weight excluding hydrogens is 222 g/mol. The average Bonchev–Trinajstić information content (AvgIpc) is 2.70. The predicted octanol–water partition coefficient (Wildman–Crippen LogP) is 1.99. The minimum atomic E-state index is 0.687. The molecular formula is C15H23N3. The van der Waals surface area contributed by atoms with Crippen LogP contribution in [-0.4, -0.2) is 37.6 Å². The van der Waals surface area contributed by atoms with Gasteiger partial charge in [0.25, 0.3) is 0 Å². The molecule has 3 heteroatoms. The number of anilines is 1. The average molecular weight is 245 g/mol. The lowest BCUT2D eigenvalue weighted by atomic mass is 9.86. The van der Waals surface area contributed by atoms with Gasteiger partial charge in [-0.05, 0) is 37.5 Å². The highest BCUT2D eigenvalue weighted by atomic mass is 15.5. The Labute approximate surface area is 110 Å². The highest BCUT2D eigenvalue weighted by Gasteiger charge is 2.33. The highest BCUT2D eigenvalue weighted by Crippen LogP contribution is 2.37. The van der Waals surface area contributed by atoms with Crippen molar-refractivity contribution >= 4 is 5.69 Å². The largest absolute Gasteiger partial charge is 0.308 e. The van der Waals surface area contributed by atoms with Crippen LogP contribution < -0.4 is 10.4 Å². The molecule has 3 nitrogen and oxygen atoms in total. The fraction of sp³-hybridized carbons (Fsp3) is 0.600. The molecule has 98 valence electrons. The molecule has 1 fully saturated rings. The van der Waals surface area contributed by atoms with E-state index in [4.69, 9.17) is 0 Å². The van der Waals surface area contributed by atoms with Gasteiger partial charge in [-0.3, -0.25) is 4.90 Å². The number of nitrogens with zero attached hydrogens (tertiary/aromatic N) is 2. The number of rotatable bonds is 3. The zero-order valence-corrected chi connectivity index (χ0v) is 11.6. The molecule has 1 aromatic carbocycles. The monoisotopic (exact) mass is 245 g/mol. The molecule has 2 aliphatic heterocycles. The molecule has 0 saturated carbocycles. The quantitative estimate of drug-likeness (QED) is 0.878. The number of nitrogens with one attached hydrogen (secondary N) is 1. The van der Waals surface area contributed by atoms with Crippen molar-refractivity contribution in [3.8, 4) is 0 Å². The smallest absolute Gasteiger partial charge is 0.0555 e. The summed E-state index contributed by atoms with van der Waals surface area (Å²) in [6, 6.07) is 7.47. The number of fused-ring (bicyclic) bond motifs is 1. The first-order valence-corrected chi connectivity index (χ1v) is 7.01. The van der Waals surface area contributed by atoms with Crippen LogP contribution in [0.25, 0.3) is 0 Å². The third-order valence-corrected chi connectivity index (χ3v) is 4.41. The summed E-state index contributed by atoms with van der Waals surface area (Å²) in [5.41, 5.74) is 7.81. The first-order chi connectivity index (χ1) is 8.70.